The molecule has 2 unspecified atom stereocenters. The number of carbonyl (C=O) groups is 1. The Kier molecular flexibility index (Phi) is 5.65. The van der Waals surface area contributed by atoms with E-state index in [4.69, 9.17) is 9.47 Å². The van der Waals surface area contributed by atoms with Gasteiger partial charge >= 0.3 is 5.97 Å². The number of methoxy groups -OCH3 is 1. The Bertz CT molecular complexity index is 187. The first-order valence-corrected chi connectivity index (χ1v) is 5.56. The molecular formula is C11H20O4. The minimum Gasteiger partial charge on any atom is -0.469 e. The molecule has 0 aromatic rings. The van der Waals surface area contributed by atoms with Crippen LogP contribution in [0.3, 0.4) is 0 Å². The molecule has 1 aliphatic rings. The fourth-order valence-electron chi connectivity index (χ4n) is 1.57. The molecule has 1 aliphatic heterocycles. The number of hydrogen-bond donors (Lipinski definition) is 0. The number of ether oxygens (including phenoxy) is 3. The summed E-state index contributed by atoms with van der Waals surface area (Å²) < 4.78 is 15.7. The predicted octanol–water partition coefficient (Wildman–Crippen LogP) is 1.87. The van der Waals surface area contributed by atoms with Gasteiger partial charge in [-0.05, 0) is 32.6 Å². The lowest BCUT2D eigenvalue weighted by atomic mass is 10.2. The third-order valence-corrected chi connectivity index (χ3v) is 2.50. The Morgan fingerprint density at radius 3 is 2.93 bits per heavy atom. The van der Waals surface area contributed by atoms with E-state index in [1.54, 1.807) is 0 Å². The highest BCUT2D eigenvalue weighted by Gasteiger charge is 2.17. The molecule has 0 aliphatic carbocycles. The average molecular weight is 216 g/mol. The van der Waals surface area contributed by atoms with E-state index >= 15 is 0 Å². The van der Waals surface area contributed by atoms with Crippen molar-refractivity contribution in [1.82, 2.24) is 0 Å². The van der Waals surface area contributed by atoms with E-state index in [9.17, 15) is 4.79 Å². The Morgan fingerprint density at radius 2 is 2.33 bits per heavy atom. The van der Waals surface area contributed by atoms with Crippen LogP contribution in [0.25, 0.3) is 0 Å². The number of esters is 1. The van der Waals surface area contributed by atoms with Crippen molar-refractivity contribution >= 4 is 5.97 Å². The standard InChI is InChI=1S/C11H20O4/c1-9(6-7-10(12)13-2)15-11-5-3-4-8-14-11/h9,11H,3-8H2,1-2H3. The van der Waals surface area contributed by atoms with Gasteiger partial charge in [-0.15, -0.1) is 0 Å². The summed E-state index contributed by atoms with van der Waals surface area (Å²) in [4.78, 5) is 10.9. The van der Waals surface area contributed by atoms with Crippen molar-refractivity contribution in [2.45, 2.75) is 51.4 Å². The van der Waals surface area contributed by atoms with Gasteiger partial charge in [0.15, 0.2) is 6.29 Å². The van der Waals surface area contributed by atoms with E-state index in [0.717, 1.165) is 25.9 Å². The molecule has 0 amide bonds. The van der Waals surface area contributed by atoms with Gasteiger partial charge in [0.1, 0.15) is 0 Å². The highest BCUT2D eigenvalue weighted by Crippen LogP contribution is 2.16. The first-order valence-electron chi connectivity index (χ1n) is 5.56. The third kappa shape index (κ3) is 5.14. The maximum Gasteiger partial charge on any atom is 0.305 e. The highest BCUT2D eigenvalue weighted by atomic mass is 16.7. The zero-order chi connectivity index (χ0) is 11.1. The molecule has 2 atom stereocenters. The van der Waals surface area contributed by atoms with Crippen LogP contribution in [0.15, 0.2) is 0 Å². The molecule has 88 valence electrons. The lowest BCUT2D eigenvalue weighted by Gasteiger charge is -2.25. The van der Waals surface area contributed by atoms with Gasteiger partial charge < -0.3 is 14.2 Å². The van der Waals surface area contributed by atoms with Crippen molar-refractivity contribution in [3.05, 3.63) is 0 Å². The molecule has 1 saturated heterocycles. The van der Waals surface area contributed by atoms with E-state index < -0.39 is 0 Å². The lowest BCUT2D eigenvalue weighted by Crippen LogP contribution is -2.26. The maximum absolute atomic E-state index is 10.9. The van der Waals surface area contributed by atoms with Gasteiger partial charge in [0.05, 0.1) is 13.2 Å². The molecule has 0 N–H and O–H groups in total. The van der Waals surface area contributed by atoms with Gasteiger partial charge in [0.25, 0.3) is 0 Å². The van der Waals surface area contributed by atoms with E-state index in [1.807, 2.05) is 6.92 Å². The molecule has 1 rings (SSSR count). The van der Waals surface area contributed by atoms with Crippen LogP contribution in [-0.2, 0) is 19.0 Å². The number of carbonyl (C=O) groups excluding carboxylic acids is 1. The number of rotatable bonds is 5. The minimum absolute atomic E-state index is 0.0483. The van der Waals surface area contributed by atoms with Crippen LogP contribution in [0.1, 0.15) is 39.0 Å². The molecule has 0 radical (unpaired) electrons. The Labute approximate surface area is 90.9 Å². The molecule has 0 aromatic carbocycles. The quantitative estimate of drug-likeness (QED) is 0.658. The smallest absolute Gasteiger partial charge is 0.305 e. The second kappa shape index (κ2) is 6.80. The Hall–Kier alpha value is -0.610. The van der Waals surface area contributed by atoms with Gasteiger partial charge in [-0.3, -0.25) is 4.79 Å². The first-order chi connectivity index (χ1) is 7.22. The van der Waals surface area contributed by atoms with E-state index in [0.29, 0.717) is 12.8 Å². The Morgan fingerprint density at radius 1 is 1.53 bits per heavy atom. The van der Waals surface area contributed by atoms with Crippen LogP contribution >= 0.6 is 0 Å². The zero-order valence-electron chi connectivity index (χ0n) is 9.53. The predicted molar refractivity (Wildman–Crippen MR) is 55.4 cm³/mol. The van der Waals surface area contributed by atoms with Crippen molar-refractivity contribution in [3.63, 3.8) is 0 Å². The fourth-order valence-corrected chi connectivity index (χ4v) is 1.57. The monoisotopic (exact) mass is 216 g/mol. The van der Waals surface area contributed by atoms with Crippen LogP contribution in [-0.4, -0.2) is 32.1 Å². The molecule has 1 heterocycles. The van der Waals surface area contributed by atoms with Crippen LogP contribution in [0.5, 0.6) is 0 Å². The van der Waals surface area contributed by atoms with Gasteiger partial charge in [0.2, 0.25) is 0 Å². The normalized spacial score (nSPS) is 23.5. The van der Waals surface area contributed by atoms with Crippen molar-refractivity contribution in [1.29, 1.82) is 0 Å². The topological polar surface area (TPSA) is 44.8 Å². The van der Waals surface area contributed by atoms with Crippen molar-refractivity contribution in [2.75, 3.05) is 13.7 Å². The van der Waals surface area contributed by atoms with Gasteiger partial charge in [0, 0.05) is 13.0 Å². The summed E-state index contributed by atoms with van der Waals surface area (Å²) in [5.74, 6) is -0.185. The first kappa shape index (κ1) is 12.5. The summed E-state index contributed by atoms with van der Waals surface area (Å²) in [7, 11) is 1.40. The molecule has 0 bridgehead atoms. The van der Waals surface area contributed by atoms with Crippen LogP contribution in [0.4, 0.5) is 0 Å². The van der Waals surface area contributed by atoms with Gasteiger partial charge in [-0.2, -0.15) is 0 Å². The largest absolute Gasteiger partial charge is 0.469 e. The summed E-state index contributed by atoms with van der Waals surface area (Å²) in [5, 5.41) is 0. The summed E-state index contributed by atoms with van der Waals surface area (Å²) in [5.41, 5.74) is 0. The molecule has 4 nitrogen and oxygen atoms in total. The van der Waals surface area contributed by atoms with E-state index in [1.165, 1.54) is 7.11 Å². The van der Waals surface area contributed by atoms with Crippen molar-refractivity contribution < 1.29 is 19.0 Å². The molecule has 0 saturated carbocycles. The lowest BCUT2D eigenvalue weighted by molar-refractivity contribution is -0.186. The molecule has 15 heavy (non-hydrogen) atoms. The highest BCUT2D eigenvalue weighted by molar-refractivity contribution is 5.69. The molecule has 0 spiro atoms. The zero-order valence-corrected chi connectivity index (χ0v) is 9.53. The summed E-state index contributed by atoms with van der Waals surface area (Å²) >= 11 is 0. The number of hydrogen-bond acceptors (Lipinski definition) is 4. The summed E-state index contributed by atoms with van der Waals surface area (Å²) in [6, 6.07) is 0. The maximum atomic E-state index is 10.9. The average Bonchev–Trinajstić information content (AvgIpc) is 2.27. The SMILES string of the molecule is COC(=O)CCC(C)OC1CCCCO1. The second-order valence-electron chi connectivity index (χ2n) is 3.86. The summed E-state index contributed by atoms with van der Waals surface area (Å²) in [6.45, 7) is 2.75. The third-order valence-electron chi connectivity index (χ3n) is 2.50. The molecular weight excluding hydrogens is 196 g/mol. The van der Waals surface area contributed by atoms with E-state index in [-0.39, 0.29) is 18.4 Å². The van der Waals surface area contributed by atoms with E-state index in [2.05, 4.69) is 4.74 Å². The van der Waals surface area contributed by atoms with Crippen LogP contribution < -0.4 is 0 Å². The fraction of sp³-hybridized carbons (Fsp3) is 0.909. The molecule has 1 fully saturated rings. The van der Waals surface area contributed by atoms with Gasteiger partial charge in [-0.1, -0.05) is 0 Å². The van der Waals surface area contributed by atoms with Crippen molar-refractivity contribution in [3.8, 4) is 0 Å². The van der Waals surface area contributed by atoms with Gasteiger partial charge in [-0.25, -0.2) is 0 Å². The summed E-state index contributed by atoms with van der Waals surface area (Å²) in [6.07, 6.45) is 4.31. The van der Waals surface area contributed by atoms with Crippen LogP contribution in [0, 0.1) is 0 Å². The van der Waals surface area contributed by atoms with Crippen molar-refractivity contribution in [2.24, 2.45) is 0 Å². The Balaban J connectivity index is 2.11. The molecule has 0 aromatic heterocycles. The second-order valence-corrected chi connectivity index (χ2v) is 3.86. The molecule has 4 heteroatoms. The van der Waals surface area contributed by atoms with Crippen LogP contribution in [0.2, 0.25) is 0 Å². The minimum atomic E-state index is -0.185.